The van der Waals surface area contributed by atoms with E-state index in [1.807, 2.05) is 30.3 Å². The van der Waals surface area contributed by atoms with Crippen LogP contribution in [-0.4, -0.2) is 29.3 Å². The van der Waals surface area contributed by atoms with Crippen molar-refractivity contribution in [2.45, 2.75) is 18.2 Å². The number of nitrogens with one attached hydrogen (secondary N) is 1. The molecule has 1 heterocycles. The van der Waals surface area contributed by atoms with Crippen LogP contribution < -0.4 is 15.0 Å². The molecule has 3 aromatic rings. The molecular weight excluding hydrogens is 441 g/mol. The van der Waals surface area contributed by atoms with Crippen molar-refractivity contribution >= 4 is 40.1 Å². The van der Waals surface area contributed by atoms with Crippen molar-refractivity contribution in [2.75, 3.05) is 17.3 Å². The molecule has 1 aliphatic rings. The predicted octanol–water partition coefficient (Wildman–Crippen LogP) is 4.87. The van der Waals surface area contributed by atoms with Crippen molar-refractivity contribution in [3.63, 3.8) is 0 Å². The SMILES string of the molecule is COc1ccc(N2C(=O)CC(SC(=NCc3ccccc3)Nc3ccc(F)cc3)C2=O)cc1. The number of thioether (sulfide) groups is 1. The standard InChI is InChI=1S/C25H22FN3O3S/c1-32-21-13-11-20(12-14-21)29-23(30)15-22(24(29)31)33-25(27-16-17-5-3-2-4-6-17)28-19-9-7-18(26)8-10-19/h2-14,22H,15-16H2,1H3,(H,27,28). The Morgan fingerprint density at radius 3 is 2.42 bits per heavy atom. The molecule has 3 aromatic carbocycles. The first-order valence-corrected chi connectivity index (χ1v) is 11.2. The number of benzene rings is 3. The summed E-state index contributed by atoms with van der Waals surface area (Å²) < 4.78 is 18.5. The number of aliphatic imine (C=N–C) groups is 1. The molecular formula is C25H22FN3O3S. The van der Waals surface area contributed by atoms with E-state index in [2.05, 4.69) is 10.3 Å². The van der Waals surface area contributed by atoms with Gasteiger partial charge in [-0.15, -0.1) is 0 Å². The largest absolute Gasteiger partial charge is 0.497 e. The molecule has 0 spiro atoms. The van der Waals surface area contributed by atoms with Gasteiger partial charge >= 0.3 is 0 Å². The number of amidine groups is 1. The zero-order chi connectivity index (χ0) is 23.2. The molecule has 1 fully saturated rings. The van der Waals surface area contributed by atoms with E-state index >= 15 is 0 Å². The van der Waals surface area contributed by atoms with Crippen LogP contribution in [-0.2, 0) is 16.1 Å². The maximum Gasteiger partial charge on any atom is 0.247 e. The molecule has 8 heteroatoms. The first-order valence-electron chi connectivity index (χ1n) is 10.3. The summed E-state index contributed by atoms with van der Waals surface area (Å²) in [4.78, 5) is 31.6. The lowest BCUT2D eigenvalue weighted by Crippen LogP contribution is -2.31. The normalized spacial score (nSPS) is 16.2. The fourth-order valence-corrected chi connectivity index (χ4v) is 4.36. The summed E-state index contributed by atoms with van der Waals surface area (Å²) in [6.07, 6.45) is 0.0605. The number of anilines is 2. The van der Waals surface area contributed by atoms with E-state index in [1.54, 1.807) is 43.5 Å². The number of methoxy groups -OCH3 is 1. The Hall–Kier alpha value is -3.65. The molecule has 6 nitrogen and oxygen atoms in total. The van der Waals surface area contributed by atoms with Gasteiger partial charge in [-0.05, 0) is 54.1 Å². The third-order valence-electron chi connectivity index (χ3n) is 5.03. The summed E-state index contributed by atoms with van der Waals surface area (Å²) in [6.45, 7) is 0.397. The van der Waals surface area contributed by atoms with Gasteiger partial charge in [-0.2, -0.15) is 0 Å². The van der Waals surface area contributed by atoms with E-state index in [9.17, 15) is 14.0 Å². The molecule has 0 aromatic heterocycles. The minimum atomic E-state index is -0.623. The Kier molecular flexibility index (Phi) is 7.04. The van der Waals surface area contributed by atoms with E-state index in [0.717, 1.165) is 5.56 Å². The lowest BCUT2D eigenvalue weighted by molar-refractivity contribution is -0.121. The average Bonchev–Trinajstić information content (AvgIpc) is 3.12. The highest BCUT2D eigenvalue weighted by molar-refractivity contribution is 8.15. The Balaban J connectivity index is 1.53. The van der Waals surface area contributed by atoms with Crippen LogP contribution in [0, 0.1) is 5.82 Å². The quantitative estimate of drug-likeness (QED) is 0.321. The number of halogens is 1. The second-order valence-electron chi connectivity index (χ2n) is 7.31. The van der Waals surface area contributed by atoms with Crippen LogP contribution in [0.5, 0.6) is 5.75 Å². The van der Waals surface area contributed by atoms with Crippen LogP contribution in [0.2, 0.25) is 0 Å². The highest BCUT2D eigenvalue weighted by Crippen LogP contribution is 2.31. The van der Waals surface area contributed by atoms with Crippen LogP contribution in [0.15, 0.2) is 83.9 Å². The van der Waals surface area contributed by atoms with Crippen LogP contribution >= 0.6 is 11.8 Å². The van der Waals surface area contributed by atoms with Crippen molar-refractivity contribution in [3.05, 3.63) is 90.2 Å². The molecule has 33 heavy (non-hydrogen) atoms. The number of carbonyl (C=O) groups excluding carboxylic acids is 2. The molecule has 1 atom stereocenters. The summed E-state index contributed by atoms with van der Waals surface area (Å²) >= 11 is 1.20. The number of hydrogen-bond donors (Lipinski definition) is 1. The number of carbonyl (C=O) groups is 2. The second kappa shape index (κ2) is 10.3. The molecule has 0 aliphatic carbocycles. The second-order valence-corrected chi connectivity index (χ2v) is 8.51. The van der Waals surface area contributed by atoms with Crippen molar-refractivity contribution in [2.24, 2.45) is 4.99 Å². The summed E-state index contributed by atoms with van der Waals surface area (Å²) in [5.74, 6) is -0.277. The molecule has 0 bridgehead atoms. The molecule has 1 saturated heterocycles. The van der Waals surface area contributed by atoms with Crippen LogP contribution in [0.4, 0.5) is 15.8 Å². The third-order valence-corrected chi connectivity index (χ3v) is 6.14. The van der Waals surface area contributed by atoms with E-state index in [-0.39, 0.29) is 24.1 Å². The summed E-state index contributed by atoms with van der Waals surface area (Å²) in [7, 11) is 1.55. The minimum Gasteiger partial charge on any atom is -0.497 e. The average molecular weight is 464 g/mol. The fourth-order valence-electron chi connectivity index (χ4n) is 3.34. The number of amides is 2. The number of rotatable bonds is 6. The molecule has 0 radical (unpaired) electrons. The van der Waals surface area contributed by atoms with Gasteiger partial charge < -0.3 is 10.1 Å². The molecule has 1 aliphatic heterocycles. The van der Waals surface area contributed by atoms with Crippen LogP contribution in [0.1, 0.15) is 12.0 Å². The topological polar surface area (TPSA) is 71.0 Å². The number of imide groups is 1. The zero-order valence-corrected chi connectivity index (χ0v) is 18.7. The maximum atomic E-state index is 13.3. The van der Waals surface area contributed by atoms with Gasteiger partial charge in [-0.3, -0.25) is 14.6 Å². The summed E-state index contributed by atoms with van der Waals surface area (Å²) in [5, 5.41) is 3.01. The Labute approximate surface area is 195 Å². The Morgan fingerprint density at radius 1 is 1.06 bits per heavy atom. The van der Waals surface area contributed by atoms with E-state index in [4.69, 9.17) is 4.74 Å². The van der Waals surface area contributed by atoms with Gasteiger partial charge in [0.25, 0.3) is 0 Å². The molecule has 1 N–H and O–H groups in total. The lowest BCUT2D eigenvalue weighted by atomic mass is 10.2. The van der Waals surface area contributed by atoms with Gasteiger partial charge in [0, 0.05) is 12.1 Å². The highest BCUT2D eigenvalue weighted by atomic mass is 32.2. The monoisotopic (exact) mass is 463 g/mol. The first-order chi connectivity index (χ1) is 16.0. The Bertz CT molecular complexity index is 1150. The van der Waals surface area contributed by atoms with Crippen molar-refractivity contribution in [1.29, 1.82) is 0 Å². The summed E-state index contributed by atoms with van der Waals surface area (Å²) in [5.41, 5.74) is 2.15. The first kappa shape index (κ1) is 22.5. The van der Waals surface area contributed by atoms with Crippen LogP contribution in [0.25, 0.3) is 0 Å². The van der Waals surface area contributed by atoms with E-state index in [0.29, 0.717) is 28.8 Å². The smallest absolute Gasteiger partial charge is 0.247 e. The molecule has 168 valence electrons. The third kappa shape index (κ3) is 5.59. The number of nitrogens with zero attached hydrogens (tertiary/aromatic N) is 2. The van der Waals surface area contributed by atoms with Crippen LogP contribution in [0.3, 0.4) is 0 Å². The fraction of sp³-hybridized carbons (Fsp3) is 0.160. The van der Waals surface area contributed by atoms with Crippen molar-refractivity contribution < 1.29 is 18.7 Å². The molecule has 1 unspecified atom stereocenters. The van der Waals surface area contributed by atoms with Gasteiger partial charge in [0.05, 0.1) is 19.3 Å². The predicted molar refractivity (Wildman–Crippen MR) is 129 cm³/mol. The maximum absolute atomic E-state index is 13.3. The number of hydrogen-bond acceptors (Lipinski definition) is 5. The molecule has 0 saturated carbocycles. The lowest BCUT2D eigenvalue weighted by Gasteiger charge is -2.16. The van der Waals surface area contributed by atoms with Gasteiger partial charge in [0.1, 0.15) is 16.8 Å². The highest BCUT2D eigenvalue weighted by Gasteiger charge is 2.40. The molecule has 4 rings (SSSR count). The van der Waals surface area contributed by atoms with E-state index in [1.165, 1.54) is 28.8 Å². The van der Waals surface area contributed by atoms with Gasteiger partial charge in [-0.25, -0.2) is 9.29 Å². The Morgan fingerprint density at radius 2 is 1.76 bits per heavy atom. The van der Waals surface area contributed by atoms with Gasteiger partial charge in [0.15, 0.2) is 5.17 Å². The van der Waals surface area contributed by atoms with Gasteiger partial charge in [-0.1, -0.05) is 42.1 Å². The minimum absolute atomic E-state index is 0.0605. The number of ether oxygens (including phenoxy) is 1. The van der Waals surface area contributed by atoms with Crippen molar-refractivity contribution in [3.8, 4) is 5.75 Å². The zero-order valence-electron chi connectivity index (χ0n) is 17.9. The summed E-state index contributed by atoms with van der Waals surface area (Å²) in [6, 6.07) is 22.4. The van der Waals surface area contributed by atoms with E-state index < -0.39 is 5.25 Å². The van der Waals surface area contributed by atoms with Crippen molar-refractivity contribution in [1.82, 2.24) is 0 Å². The van der Waals surface area contributed by atoms with Gasteiger partial charge in [0.2, 0.25) is 11.8 Å². The molecule has 2 amide bonds.